The number of urea groups is 1. The van der Waals surface area contributed by atoms with Crippen LogP contribution in [0.3, 0.4) is 0 Å². The summed E-state index contributed by atoms with van der Waals surface area (Å²) in [6, 6.07) is 3.09. The highest BCUT2D eigenvalue weighted by Gasteiger charge is 2.63. The van der Waals surface area contributed by atoms with Crippen molar-refractivity contribution in [2.75, 3.05) is 27.2 Å². The van der Waals surface area contributed by atoms with Crippen LogP contribution < -0.4 is 19.5 Å². The van der Waals surface area contributed by atoms with Crippen LogP contribution in [0.25, 0.3) is 21.6 Å². The molecule has 2 aliphatic carbocycles. The van der Waals surface area contributed by atoms with Gasteiger partial charge in [0.25, 0.3) is 5.91 Å². The van der Waals surface area contributed by atoms with E-state index < -0.39 is 62.2 Å². The van der Waals surface area contributed by atoms with Gasteiger partial charge in [0.1, 0.15) is 39.9 Å². The van der Waals surface area contributed by atoms with Crippen molar-refractivity contribution in [2.24, 2.45) is 5.92 Å². The maximum atomic E-state index is 14.2. The lowest BCUT2D eigenvalue weighted by atomic mass is 10.1. The van der Waals surface area contributed by atoms with Gasteiger partial charge >= 0.3 is 12.2 Å². The number of benzene rings is 1. The van der Waals surface area contributed by atoms with E-state index >= 15 is 0 Å². The summed E-state index contributed by atoms with van der Waals surface area (Å²) in [5, 5.41) is 4.17. The fraction of sp³-hybridized carbons (Fsp3) is 0.500. The van der Waals surface area contributed by atoms with E-state index in [1.54, 1.807) is 39.1 Å². The molecule has 1 saturated heterocycles. The number of likely N-dealkylation sites (tertiary alicyclic amines) is 1. The van der Waals surface area contributed by atoms with E-state index in [-0.39, 0.29) is 41.7 Å². The van der Waals surface area contributed by atoms with E-state index in [0.29, 0.717) is 48.0 Å². The fourth-order valence-corrected chi connectivity index (χ4v) is 9.03. The van der Waals surface area contributed by atoms with Crippen LogP contribution in [0.2, 0.25) is 0 Å². The van der Waals surface area contributed by atoms with Crippen molar-refractivity contribution in [3.63, 3.8) is 0 Å². The number of nitrogens with one attached hydrogen (secondary N) is 2. The molecule has 6 rings (SSSR count). The summed E-state index contributed by atoms with van der Waals surface area (Å²) in [5.41, 5.74) is -1.54. The van der Waals surface area contributed by atoms with Gasteiger partial charge in [-0.15, -0.1) is 24.5 Å². The minimum Gasteiger partial charge on any atom is -0.496 e. The molecule has 3 fully saturated rings. The Morgan fingerprint density at radius 3 is 2.50 bits per heavy atom. The van der Waals surface area contributed by atoms with Crippen LogP contribution in [0, 0.1) is 12.8 Å². The number of aryl methyl sites for hydroxylation is 1. The molecule has 13 nitrogen and oxygen atoms in total. The molecule has 4 amide bonds. The van der Waals surface area contributed by atoms with E-state index in [0.717, 1.165) is 29.6 Å². The Bertz CT molecular complexity index is 2170. The number of hydrogen-bond donors (Lipinski definition) is 2. The number of amides is 4. The number of rotatable bonds is 15. The summed E-state index contributed by atoms with van der Waals surface area (Å²) < 4.78 is 79.7. The van der Waals surface area contributed by atoms with Crippen LogP contribution in [-0.2, 0) is 25.8 Å². The first-order valence-corrected chi connectivity index (χ1v) is 20.6. The average Bonchev–Trinajstić information content (AvgIpc) is 3.93. The number of allylic oxidation sites excluding steroid dienone is 1. The largest absolute Gasteiger partial charge is 0.496 e. The molecule has 4 atom stereocenters. The molecule has 0 bridgehead atoms. The first-order valence-electron chi connectivity index (χ1n) is 18.2. The predicted molar refractivity (Wildman–Crippen MR) is 205 cm³/mol. The second kappa shape index (κ2) is 15.3. The number of ether oxygens (including phenoxy) is 2. The van der Waals surface area contributed by atoms with Crippen molar-refractivity contribution in [2.45, 2.75) is 87.4 Å². The molecule has 2 N–H and O–H groups in total. The second-order valence-corrected chi connectivity index (χ2v) is 17.9. The van der Waals surface area contributed by atoms with Gasteiger partial charge in [-0.25, -0.2) is 23.2 Å². The summed E-state index contributed by atoms with van der Waals surface area (Å²) in [4.78, 5) is 53.1. The molecule has 56 heavy (non-hydrogen) atoms. The van der Waals surface area contributed by atoms with Gasteiger partial charge < -0.3 is 24.6 Å². The number of methoxy groups -OCH3 is 1. The van der Waals surface area contributed by atoms with Crippen molar-refractivity contribution in [3.05, 3.63) is 60.1 Å². The Morgan fingerprint density at radius 2 is 1.89 bits per heavy atom. The monoisotopic (exact) mass is 818 g/mol. The number of carbonyl (C=O) groups is 3. The molecular weight excluding hydrogens is 774 g/mol. The van der Waals surface area contributed by atoms with Gasteiger partial charge in [0, 0.05) is 48.3 Å². The highest BCUT2D eigenvalue weighted by atomic mass is 32.2. The predicted octanol–water partition coefficient (Wildman–Crippen LogP) is 5.98. The van der Waals surface area contributed by atoms with Gasteiger partial charge in [0.2, 0.25) is 15.9 Å². The Balaban J connectivity index is 1.32. The zero-order chi connectivity index (χ0) is 40.8. The Kier molecular flexibility index (Phi) is 11.2. The topological polar surface area (TPSA) is 160 Å². The van der Waals surface area contributed by atoms with Gasteiger partial charge in [0.05, 0.1) is 23.9 Å². The van der Waals surface area contributed by atoms with Gasteiger partial charge in [-0.1, -0.05) is 12.2 Å². The number of alkyl halides is 3. The number of sulfonamides is 1. The third-order valence-electron chi connectivity index (χ3n) is 10.9. The first kappa shape index (κ1) is 40.9. The van der Waals surface area contributed by atoms with E-state index in [1.165, 1.54) is 29.1 Å². The normalized spacial score (nSPS) is 22.6. The number of pyridine rings is 1. The summed E-state index contributed by atoms with van der Waals surface area (Å²) in [6.45, 7) is 11.1. The molecule has 0 spiro atoms. The first-order chi connectivity index (χ1) is 26.4. The number of nitrogens with zero attached hydrogens (tertiary/aromatic N) is 4. The summed E-state index contributed by atoms with van der Waals surface area (Å²) in [6.07, 6.45) is 1.00. The summed E-state index contributed by atoms with van der Waals surface area (Å²) >= 11 is 0.775. The lowest BCUT2D eigenvalue weighted by Gasteiger charge is -2.29. The van der Waals surface area contributed by atoms with Crippen LogP contribution in [0.5, 0.6) is 11.5 Å². The van der Waals surface area contributed by atoms with Crippen molar-refractivity contribution < 1.29 is 45.4 Å². The van der Waals surface area contributed by atoms with Gasteiger partial charge in [-0.3, -0.25) is 14.3 Å². The highest BCUT2D eigenvalue weighted by Crippen LogP contribution is 2.47. The number of aromatic nitrogens is 2. The van der Waals surface area contributed by atoms with E-state index in [4.69, 9.17) is 9.47 Å². The van der Waals surface area contributed by atoms with Crippen molar-refractivity contribution in [3.8, 4) is 22.2 Å². The van der Waals surface area contributed by atoms with Crippen molar-refractivity contribution in [1.82, 2.24) is 29.8 Å². The fourth-order valence-electron chi connectivity index (χ4n) is 6.93. The van der Waals surface area contributed by atoms with Crippen LogP contribution >= 0.6 is 11.3 Å². The number of unbranched alkanes of at least 4 members (excludes halogenated alkanes) is 2. The van der Waals surface area contributed by atoms with Crippen molar-refractivity contribution in [1.29, 1.82) is 0 Å². The minimum atomic E-state index is -4.66. The molecule has 1 aliphatic heterocycles. The lowest BCUT2D eigenvalue weighted by Crippen LogP contribution is -2.58. The summed E-state index contributed by atoms with van der Waals surface area (Å²) in [5.74, 6) is -1.08. The standard InChI is InChI=1S/C38H45F3N6O7S2/c1-7-9-10-11-16-46(5)33(48)27-17-24(20-47(27)35(50)44-37(19-23(37)8-2)34(49)45-56(51,52)36(4)14-15-36)54-29-18-26(32-43-30(21-55-32)38(39,40)41)42-31-22(3)28(53-6)13-12-25(29)31/h7-8,12-13,18,21,23-24,27H,1-2,9-11,14-17,19-20H2,3-6H3,(H,44,50)(H,45,49)/t23-,24+,27+,37-/m1/s1. The lowest BCUT2D eigenvalue weighted by molar-refractivity contribution is -0.140. The molecule has 3 aliphatic rings. The van der Waals surface area contributed by atoms with Crippen LogP contribution in [-0.4, -0.2) is 95.7 Å². The molecule has 0 unspecified atom stereocenters. The highest BCUT2D eigenvalue weighted by molar-refractivity contribution is 7.91. The minimum absolute atomic E-state index is 0.00679. The van der Waals surface area contributed by atoms with E-state index in [9.17, 15) is 36.0 Å². The van der Waals surface area contributed by atoms with Gasteiger partial charge in [-0.05, 0) is 64.5 Å². The molecule has 3 aromatic rings. The van der Waals surface area contributed by atoms with E-state index in [2.05, 4.69) is 33.2 Å². The number of carbonyl (C=O) groups excluding carboxylic acids is 3. The Hall–Kier alpha value is -4.71. The molecule has 1 aromatic carbocycles. The molecule has 2 saturated carbocycles. The second-order valence-electron chi connectivity index (χ2n) is 14.9. The maximum absolute atomic E-state index is 14.2. The number of halogens is 3. The summed E-state index contributed by atoms with van der Waals surface area (Å²) in [7, 11) is -0.904. The van der Waals surface area contributed by atoms with Crippen LogP contribution in [0.4, 0.5) is 18.0 Å². The van der Waals surface area contributed by atoms with Crippen molar-refractivity contribution >= 4 is 50.1 Å². The molecule has 302 valence electrons. The molecule has 3 heterocycles. The zero-order valence-corrected chi connectivity index (χ0v) is 33.2. The molecular formula is C38H45F3N6O7S2. The zero-order valence-electron chi connectivity index (χ0n) is 31.6. The number of hydrogen-bond acceptors (Lipinski definition) is 10. The quantitative estimate of drug-likeness (QED) is 0.139. The smallest absolute Gasteiger partial charge is 0.434 e. The third-order valence-corrected chi connectivity index (χ3v) is 13.9. The Morgan fingerprint density at radius 1 is 1.16 bits per heavy atom. The number of fused-ring (bicyclic) bond motifs is 1. The van der Waals surface area contributed by atoms with Gasteiger partial charge in [0.15, 0.2) is 5.69 Å². The molecule has 0 radical (unpaired) electrons. The molecule has 18 heteroatoms. The average molecular weight is 819 g/mol. The number of thiazole rings is 1. The van der Waals surface area contributed by atoms with E-state index in [1.807, 2.05) is 0 Å². The third kappa shape index (κ3) is 7.94. The maximum Gasteiger partial charge on any atom is 0.434 e. The van der Waals surface area contributed by atoms with Crippen LogP contribution in [0.15, 0.2) is 48.9 Å². The van der Waals surface area contributed by atoms with Crippen LogP contribution in [0.1, 0.15) is 63.1 Å². The Labute approximate surface area is 327 Å². The number of likely N-dealkylation sites (N-methyl/N-ethyl adjacent to an activating group) is 1. The SMILES string of the molecule is C=CCCCCN(C)C(=O)[C@@H]1C[C@H](Oc2cc(-c3nc(C(F)(F)F)cs3)nc3c(C)c(OC)ccc23)CN1C(=O)N[C@]1(C(=O)NS(=O)(=O)C2(C)CC2)C[C@H]1C=C. The van der Waals surface area contributed by atoms with Gasteiger partial charge in [-0.2, -0.15) is 13.2 Å². The molecule has 2 aromatic heterocycles.